The van der Waals surface area contributed by atoms with Gasteiger partial charge in [0, 0.05) is 17.2 Å². The van der Waals surface area contributed by atoms with E-state index in [1.165, 1.54) is 12.1 Å². The van der Waals surface area contributed by atoms with E-state index in [4.69, 9.17) is 15.4 Å². The summed E-state index contributed by atoms with van der Waals surface area (Å²) < 4.78 is 28.4. The van der Waals surface area contributed by atoms with Crippen molar-refractivity contribution in [2.75, 3.05) is 6.54 Å². The highest BCUT2D eigenvalue weighted by Crippen LogP contribution is 2.29. The number of benzene rings is 1. The van der Waals surface area contributed by atoms with E-state index in [0.717, 1.165) is 0 Å². The lowest BCUT2D eigenvalue weighted by molar-refractivity contribution is -0.127. The zero-order valence-corrected chi connectivity index (χ0v) is 13.7. The molecule has 21 heavy (non-hydrogen) atoms. The number of carbonyl (C=O) groups is 1. The van der Waals surface area contributed by atoms with Crippen LogP contribution in [0.2, 0.25) is 0 Å². The minimum absolute atomic E-state index is 0.0396. The number of hydrogen-bond donors (Lipinski definition) is 1. The van der Waals surface area contributed by atoms with Crippen molar-refractivity contribution >= 4 is 25.6 Å². The molecule has 0 aromatic heterocycles. The van der Waals surface area contributed by atoms with E-state index in [-0.39, 0.29) is 10.8 Å². The molecule has 1 unspecified atom stereocenters. The van der Waals surface area contributed by atoms with Crippen LogP contribution >= 0.6 is 10.7 Å². The maximum Gasteiger partial charge on any atom is 0.261 e. The Morgan fingerprint density at radius 3 is 2.57 bits per heavy atom. The second kappa shape index (κ2) is 6.95. The first-order valence-electron chi connectivity index (χ1n) is 6.28. The van der Waals surface area contributed by atoms with E-state index in [1.807, 2.05) is 0 Å². The number of nitrogens with one attached hydrogen (secondary N) is 1. The molecular weight excluding hydrogens is 314 g/mol. The van der Waals surface area contributed by atoms with Gasteiger partial charge in [-0.1, -0.05) is 6.08 Å². The summed E-state index contributed by atoms with van der Waals surface area (Å²) in [4.78, 5) is 11.8. The predicted octanol–water partition coefficient (Wildman–Crippen LogP) is 2.30. The molecule has 5 nitrogen and oxygen atoms in total. The van der Waals surface area contributed by atoms with Crippen LogP contribution in [0.1, 0.15) is 18.1 Å². The summed E-state index contributed by atoms with van der Waals surface area (Å²) in [5.74, 6) is 0.166. The van der Waals surface area contributed by atoms with Crippen LogP contribution in [-0.2, 0) is 13.8 Å². The SMILES string of the molecule is C=CCNC(=O)C(C)Oc1ccc(S(=O)(=O)Cl)c(C)c1C. The lowest BCUT2D eigenvalue weighted by atomic mass is 10.1. The Balaban J connectivity index is 2.99. The molecule has 0 fully saturated rings. The van der Waals surface area contributed by atoms with Crippen molar-refractivity contribution in [1.82, 2.24) is 5.32 Å². The molecule has 116 valence electrons. The van der Waals surface area contributed by atoms with Crippen LogP contribution in [0, 0.1) is 13.8 Å². The van der Waals surface area contributed by atoms with Gasteiger partial charge in [0.1, 0.15) is 5.75 Å². The summed E-state index contributed by atoms with van der Waals surface area (Å²) >= 11 is 0. The number of hydrogen-bond acceptors (Lipinski definition) is 4. The van der Waals surface area contributed by atoms with Gasteiger partial charge < -0.3 is 10.1 Å². The van der Waals surface area contributed by atoms with Gasteiger partial charge in [-0.25, -0.2) is 8.42 Å². The van der Waals surface area contributed by atoms with Gasteiger partial charge in [-0.3, -0.25) is 4.79 Å². The molecule has 0 bridgehead atoms. The monoisotopic (exact) mass is 331 g/mol. The van der Waals surface area contributed by atoms with E-state index in [2.05, 4.69) is 11.9 Å². The third-order valence-corrected chi connectivity index (χ3v) is 4.51. The van der Waals surface area contributed by atoms with Gasteiger partial charge in [0.15, 0.2) is 6.10 Å². The first-order valence-corrected chi connectivity index (χ1v) is 8.59. The van der Waals surface area contributed by atoms with E-state index >= 15 is 0 Å². The summed E-state index contributed by atoms with van der Waals surface area (Å²) in [5.41, 5.74) is 1.13. The number of ether oxygens (including phenoxy) is 1. The average molecular weight is 332 g/mol. The smallest absolute Gasteiger partial charge is 0.261 e. The summed E-state index contributed by atoms with van der Waals surface area (Å²) in [6.07, 6.45) is 0.863. The zero-order chi connectivity index (χ0) is 16.2. The van der Waals surface area contributed by atoms with Crippen molar-refractivity contribution in [3.05, 3.63) is 35.9 Å². The molecule has 0 saturated carbocycles. The Morgan fingerprint density at radius 2 is 2.05 bits per heavy atom. The number of halogens is 1. The third kappa shape index (κ3) is 4.47. The maximum absolute atomic E-state index is 11.7. The van der Waals surface area contributed by atoms with Crippen LogP contribution in [0.25, 0.3) is 0 Å². The Bertz CT molecular complexity index is 655. The summed E-state index contributed by atoms with van der Waals surface area (Å²) in [5, 5.41) is 2.62. The molecule has 0 heterocycles. The van der Waals surface area contributed by atoms with Crippen LogP contribution in [0.5, 0.6) is 5.75 Å². The lowest BCUT2D eigenvalue weighted by Crippen LogP contribution is -2.36. The third-order valence-electron chi connectivity index (χ3n) is 3.04. The average Bonchev–Trinajstić information content (AvgIpc) is 2.39. The fourth-order valence-electron chi connectivity index (χ4n) is 1.72. The van der Waals surface area contributed by atoms with Crippen molar-refractivity contribution in [3.63, 3.8) is 0 Å². The van der Waals surface area contributed by atoms with Crippen molar-refractivity contribution in [3.8, 4) is 5.75 Å². The van der Waals surface area contributed by atoms with Crippen LogP contribution < -0.4 is 10.1 Å². The van der Waals surface area contributed by atoms with Gasteiger partial charge in [-0.05, 0) is 44.0 Å². The minimum Gasteiger partial charge on any atom is -0.481 e. The van der Waals surface area contributed by atoms with Gasteiger partial charge >= 0.3 is 0 Å². The number of amides is 1. The van der Waals surface area contributed by atoms with E-state index in [9.17, 15) is 13.2 Å². The van der Waals surface area contributed by atoms with E-state index < -0.39 is 15.2 Å². The first-order chi connectivity index (χ1) is 9.68. The van der Waals surface area contributed by atoms with Gasteiger partial charge in [0.2, 0.25) is 0 Å². The van der Waals surface area contributed by atoms with Crippen LogP contribution in [0.4, 0.5) is 0 Å². The molecule has 1 N–H and O–H groups in total. The zero-order valence-electron chi connectivity index (χ0n) is 12.1. The van der Waals surface area contributed by atoms with Crippen molar-refractivity contribution in [2.24, 2.45) is 0 Å². The van der Waals surface area contributed by atoms with Crippen molar-refractivity contribution in [1.29, 1.82) is 0 Å². The van der Waals surface area contributed by atoms with Crippen LogP contribution in [0.3, 0.4) is 0 Å². The van der Waals surface area contributed by atoms with Gasteiger partial charge in [-0.15, -0.1) is 6.58 Å². The molecule has 1 atom stereocenters. The Hall–Kier alpha value is -1.53. The molecule has 1 amide bonds. The minimum atomic E-state index is -3.80. The van der Waals surface area contributed by atoms with Gasteiger partial charge in [-0.2, -0.15) is 0 Å². The summed E-state index contributed by atoms with van der Waals surface area (Å²) in [6.45, 7) is 8.83. The largest absolute Gasteiger partial charge is 0.481 e. The highest BCUT2D eigenvalue weighted by molar-refractivity contribution is 8.13. The topological polar surface area (TPSA) is 72.5 Å². The molecule has 0 spiro atoms. The molecule has 0 saturated heterocycles. The Morgan fingerprint density at radius 1 is 1.43 bits per heavy atom. The molecule has 0 aliphatic heterocycles. The Labute approximate surface area is 129 Å². The molecule has 1 aromatic rings. The van der Waals surface area contributed by atoms with Crippen molar-refractivity contribution in [2.45, 2.75) is 31.8 Å². The molecule has 0 aliphatic rings. The first kappa shape index (κ1) is 17.5. The van der Waals surface area contributed by atoms with Gasteiger partial charge in [0.05, 0.1) is 4.90 Å². The highest BCUT2D eigenvalue weighted by Gasteiger charge is 2.19. The Kier molecular flexibility index (Phi) is 5.80. The quantitative estimate of drug-likeness (QED) is 0.641. The fourth-order valence-corrected chi connectivity index (χ4v) is 2.97. The normalized spacial score (nSPS) is 12.6. The maximum atomic E-state index is 11.7. The van der Waals surface area contributed by atoms with Crippen LogP contribution in [0.15, 0.2) is 29.7 Å². The summed E-state index contributed by atoms with van der Waals surface area (Å²) in [7, 11) is 1.56. The second-order valence-corrected chi connectivity index (χ2v) is 7.08. The predicted molar refractivity (Wildman–Crippen MR) is 82.3 cm³/mol. The van der Waals surface area contributed by atoms with E-state index in [0.29, 0.717) is 23.4 Å². The molecule has 7 heteroatoms. The van der Waals surface area contributed by atoms with Gasteiger partial charge in [0.25, 0.3) is 15.0 Å². The number of carbonyl (C=O) groups excluding carboxylic acids is 1. The highest BCUT2D eigenvalue weighted by atomic mass is 35.7. The molecular formula is C14H18ClNO4S. The standard InChI is InChI=1S/C14H18ClNO4S/c1-5-8-16-14(17)11(4)20-12-6-7-13(21(15,18)19)10(3)9(12)2/h5-7,11H,1,8H2,2-4H3,(H,16,17). The molecule has 0 radical (unpaired) electrons. The molecule has 1 aromatic carbocycles. The van der Waals surface area contributed by atoms with Crippen molar-refractivity contribution < 1.29 is 17.9 Å². The number of rotatable bonds is 6. The second-order valence-electron chi connectivity index (χ2n) is 4.54. The summed E-state index contributed by atoms with van der Waals surface area (Å²) in [6, 6.07) is 2.86. The van der Waals surface area contributed by atoms with E-state index in [1.54, 1.807) is 26.8 Å². The molecule has 1 rings (SSSR count). The fraction of sp³-hybridized carbons (Fsp3) is 0.357. The van der Waals surface area contributed by atoms with Crippen LogP contribution in [-0.4, -0.2) is 27.0 Å². The lowest BCUT2D eigenvalue weighted by Gasteiger charge is -2.17. The molecule has 0 aliphatic carbocycles.